The molecule has 17 rings (SSSR count). The van der Waals surface area contributed by atoms with E-state index in [-0.39, 0.29) is 5.41 Å². The average molecular weight is 946 g/mol. The van der Waals surface area contributed by atoms with Gasteiger partial charge in [-0.25, -0.2) is 0 Å². The highest BCUT2D eigenvalue weighted by Crippen LogP contribution is 2.67. The number of nitrogens with zero attached hydrogens (tertiary/aromatic N) is 3. The van der Waals surface area contributed by atoms with Gasteiger partial charge in [-0.3, -0.25) is 9.97 Å². The number of pyridine rings is 2. The zero-order chi connectivity index (χ0) is 48.0. The first-order valence-electron chi connectivity index (χ1n) is 25.5. The lowest BCUT2D eigenvalue weighted by Gasteiger charge is -2.40. The van der Waals surface area contributed by atoms with Crippen molar-refractivity contribution in [3.63, 3.8) is 0 Å². The van der Waals surface area contributed by atoms with Crippen LogP contribution in [0.3, 0.4) is 0 Å². The van der Waals surface area contributed by atoms with Gasteiger partial charge in [0.25, 0.3) is 0 Å². The van der Waals surface area contributed by atoms with E-state index in [1.54, 1.807) is 0 Å². The summed E-state index contributed by atoms with van der Waals surface area (Å²) in [4.78, 5) is 13.2. The number of aromatic nitrogens is 3. The van der Waals surface area contributed by atoms with E-state index in [0.717, 1.165) is 17.0 Å². The highest BCUT2D eigenvalue weighted by molar-refractivity contribution is 7.99. The molecule has 0 saturated heterocycles. The average Bonchev–Trinajstić information content (AvgIpc) is 4.17. The molecule has 0 fully saturated rings. The summed E-state index contributed by atoms with van der Waals surface area (Å²) in [5, 5.41) is 2.56. The summed E-state index contributed by atoms with van der Waals surface area (Å²) in [5.74, 6) is 0. The fourth-order valence-corrected chi connectivity index (χ4v) is 15.8. The van der Waals surface area contributed by atoms with Gasteiger partial charge in [0, 0.05) is 55.2 Å². The van der Waals surface area contributed by atoms with Gasteiger partial charge in [0.15, 0.2) is 0 Å². The van der Waals surface area contributed by atoms with Crippen molar-refractivity contribution >= 4 is 33.6 Å². The molecule has 0 radical (unpaired) electrons. The molecule has 340 valence electrons. The van der Waals surface area contributed by atoms with Crippen molar-refractivity contribution in [1.82, 2.24) is 14.5 Å². The number of para-hydroxylation sites is 2. The van der Waals surface area contributed by atoms with Gasteiger partial charge in [-0.1, -0.05) is 171 Å². The molecule has 0 bridgehead atoms. The van der Waals surface area contributed by atoms with Crippen LogP contribution in [0.4, 0.5) is 0 Å². The molecule has 4 heteroatoms. The molecule has 0 amide bonds. The van der Waals surface area contributed by atoms with Crippen molar-refractivity contribution in [2.45, 2.75) is 39.9 Å². The first kappa shape index (κ1) is 40.1. The molecule has 1 atom stereocenters. The van der Waals surface area contributed by atoms with E-state index in [0.29, 0.717) is 0 Å². The Morgan fingerprint density at radius 2 is 0.945 bits per heavy atom. The third kappa shape index (κ3) is 4.79. The lowest BCUT2D eigenvalue weighted by molar-refractivity contribution is 0.661. The van der Waals surface area contributed by atoms with E-state index in [2.05, 4.69) is 237 Å². The minimum absolute atomic E-state index is 0.233. The molecule has 4 heterocycles. The minimum Gasteiger partial charge on any atom is -0.309 e. The Bertz CT molecular complexity index is 4420. The quantitative estimate of drug-likeness (QED) is 0.173. The molecule has 0 saturated carbocycles. The highest BCUT2D eigenvalue weighted by atomic mass is 32.2. The summed E-state index contributed by atoms with van der Waals surface area (Å²) in [6, 6.07) is 80.3. The van der Waals surface area contributed by atoms with Crippen molar-refractivity contribution in [3.05, 3.63) is 280 Å². The van der Waals surface area contributed by atoms with Crippen LogP contribution >= 0.6 is 11.8 Å². The molecule has 0 N–H and O–H groups in total. The molecule has 5 aliphatic rings. The fraction of sp³-hybridized carbons (Fsp3) is 0.0725. The molecule has 1 aliphatic heterocycles. The molecule has 9 aromatic carbocycles. The first-order valence-corrected chi connectivity index (χ1v) is 26.3. The van der Waals surface area contributed by atoms with Gasteiger partial charge in [-0.2, -0.15) is 0 Å². The third-order valence-electron chi connectivity index (χ3n) is 17.6. The standard InChI is InChI=1S/C69H43N3S/c1-67(2)56-33-40(30-31-46(56)49-37-62-50(36-57(49)67)47-22-9-14-28-61(47)72(62)42-17-4-3-5-18-42)41-34-60-66(71-39-41)65-55(27-16-32-70-65)69(60)54-26-13-15-29-63(54)73-64-38-58-48(35-59(64)69)45-21-8-12-25-53(45)68(58)51-23-10-6-19-43(51)44-20-7-11-24-52(44)68/h3-39H,1-2H3. The number of benzene rings is 9. The van der Waals surface area contributed by atoms with Crippen molar-refractivity contribution in [2.75, 3.05) is 0 Å². The zero-order valence-corrected chi connectivity index (χ0v) is 40.9. The monoisotopic (exact) mass is 945 g/mol. The second-order valence-corrected chi connectivity index (χ2v) is 22.2. The summed E-state index contributed by atoms with van der Waals surface area (Å²) in [6.45, 7) is 4.80. The molecular weight excluding hydrogens is 903 g/mol. The lowest BCUT2D eigenvalue weighted by Crippen LogP contribution is -2.33. The van der Waals surface area contributed by atoms with Gasteiger partial charge < -0.3 is 4.57 Å². The Kier molecular flexibility index (Phi) is 7.62. The SMILES string of the molecule is CC1(C)c2cc(-c3cnc4c(c3)C3(c5ccccc5Sc5cc6c(cc53)-c3ccccc3C63c5ccccc5-c5ccccc53)c3cccnc3-4)ccc2-c2cc3c(cc21)c1ccccc1n3-c1ccccc1. The van der Waals surface area contributed by atoms with Crippen LogP contribution in [0.5, 0.6) is 0 Å². The van der Waals surface area contributed by atoms with Crippen LogP contribution in [-0.2, 0) is 16.2 Å². The molecule has 1 unspecified atom stereocenters. The molecule has 3 nitrogen and oxygen atoms in total. The Labute approximate surface area is 427 Å². The summed E-state index contributed by atoms with van der Waals surface area (Å²) in [5.41, 5.74) is 27.4. The van der Waals surface area contributed by atoms with Crippen molar-refractivity contribution < 1.29 is 0 Å². The van der Waals surface area contributed by atoms with E-state index >= 15 is 0 Å². The predicted octanol–water partition coefficient (Wildman–Crippen LogP) is 16.7. The summed E-state index contributed by atoms with van der Waals surface area (Å²) >= 11 is 1.91. The Hall–Kier alpha value is -8.57. The van der Waals surface area contributed by atoms with Gasteiger partial charge in [0.2, 0.25) is 0 Å². The second-order valence-electron chi connectivity index (χ2n) is 21.1. The number of hydrogen-bond acceptors (Lipinski definition) is 3. The number of fused-ring (bicyclic) bond motifs is 25. The van der Waals surface area contributed by atoms with Crippen molar-refractivity contribution in [2.24, 2.45) is 0 Å². The van der Waals surface area contributed by atoms with Gasteiger partial charge in [-0.05, 0) is 156 Å². The van der Waals surface area contributed by atoms with Gasteiger partial charge >= 0.3 is 0 Å². The molecule has 12 aromatic rings. The zero-order valence-electron chi connectivity index (χ0n) is 40.1. The van der Waals surface area contributed by atoms with Crippen molar-refractivity contribution in [1.29, 1.82) is 0 Å². The predicted molar refractivity (Wildman–Crippen MR) is 297 cm³/mol. The molecule has 3 aromatic heterocycles. The molecule has 4 aliphatic carbocycles. The van der Waals surface area contributed by atoms with Crippen molar-refractivity contribution in [3.8, 4) is 61.6 Å². The summed E-state index contributed by atoms with van der Waals surface area (Å²) in [7, 11) is 0. The third-order valence-corrected chi connectivity index (χ3v) is 18.7. The Morgan fingerprint density at radius 3 is 1.73 bits per heavy atom. The van der Waals surface area contributed by atoms with Crippen LogP contribution in [0, 0.1) is 0 Å². The van der Waals surface area contributed by atoms with Crippen LogP contribution in [0.15, 0.2) is 235 Å². The van der Waals surface area contributed by atoms with Crippen LogP contribution in [0.25, 0.3) is 83.4 Å². The number of hydrogen-bond donors (Lipinski definition) is 0. The Balaban J connectivity index is 0.881. The number of rotatable bonds is 2. The smallest absolute Gasteiger partial charge is 0.0937 e. The van der Waals surface area contributed by atoms with Gasteiger partial charge in [0.1, 0.15) is 0 Å². The first-order chi connectivity index (χ1) is 36.0. The van der Waals surface area contributed by atoms with E-state index in [1.165, 1.54) is 132 Å². The van der Waals surface area contributed by atoms with E-state index in [1.807, 2.05) is 18.0 Å². The largest absolute Gasteiger partial charge is 0.309 e. The highest BCUT2D eigenvalue weighted by Gasteiger charge is 2.56. The Morgan fingerprint density at radius 1 is 0.356 bits per heavy atom. The maximum Gasteiger partial charge on any atom is 0.0937 e. The maximum absolute atomic E-state index is 5.48. The van der Waals surface area contributed by atoms with Crippen LogP contribution in [0.2, 0.25) is 0 Å². The maximum atomic E-state index is 5.48. The van der Waals surface area contributed by atoms with Crippen LogP contribution in [0.1, 0.15) is 69.5 Å². The van der Waals surface area contributed by atoms with Crippen LogP contribution in [-0.4, -0.2) is 14.5 Å². The molecule has 2 spiro atoms. The normalized spacial score (nSPS) is 16.8. The lowest BCUT2D eigenvalue weighted by atomic mass is 9.66. The van der Waals surface area contributed by atoms with Gasteiger partial charge in [0.05, 0.1) is 33.3 Å². The fourth-order valence-electron chi connectivity index (χ4n) is 14.6. The molecule has 73 heavy (non-hydrogen) atoms. The van der Waals surface area contributed by atoms with E-state index in [9.17, 15) is 0 Å². The molecular formula is C69H43N3S. The van der Waals surface area contributed by atoms with E-state index in [4.69, 9.17) is 9.97 Å². The van der Waals surface area contributed by atoms with Gasteiger partial charge in [-0.15, -0.1) is 0 Å². The van der Waals surface area contributed by atoms with E-state index < -0.39 is 10.8 Å². The minimum atomic E-state index is -0.669. The topological polar surface area (TPSA) is 30.7 Å². The summed E-state index contributed by atoms with van der Waals surface area (Å²) in [6.07, 6.45) is 4.03. The van der Waals surface area contributed by atoms with Crippen LogP contribution < -0.4 is 0 Å². The second kappa shape index (κ2) is 13.9. The summed E-state index contributed by atoms with van der Waals surface area (Å²) < 4.78 is 2.43.